The molecule has 4 rings (SSSR count). The van der Waals surface area contributed by atoms with Crippen LogP contribution in [0.4, 0.5) is 4.39 Å². The van der Waals surface area contributed by atoms with Crippen LogP contribution in [0.5, 0.6) is 0 Å². The Morgan fingerprint density at radius 3 is 3.05 bits per heavy atom. The van der Waals surface area contributed by atoms with Crippen LogP contribution in [0.25, 0.3) is 22.3 Å². The molecule has 4 nitrogen and oxygen atoms in total. The number of nitrogens with one attached hydrogen (secondary N) is 1. The molecule has 1 atom stereocenters. The summed E-state index contributed by atoms with van der Waals surface area (Å²) < 4.78 is 21.0. The molecule has 108 valence electrons. The van der Waals surface area contributed by atoms with Crippen LogP contribution < -0.4 is 0 Å². The number of fused-ring (bicyclic) bond motifs is 1. The van der Waals surface area contributed by atoms with E-state index in [0.29, 0.717) is 0 Å². The largest absolute Gasteiger partial charge is 0.356 e. The number of H-pyrrole nitrogens is 1. The van der Waals surface area contributed by atoms with Crippen molar-refractivity contribution in [1.82, 2.24) is 14.8 Å². The van der Waals surface area contributed by atoms with Crippen LogP contribution in [0.1, 0.15) is 25.5 Å². The molecule has 1 saturated heterocycles. The monoisotopic (exact) mass is 285 g/mol. The van der Waals surface area contributed by atoms with Crippen molar-refractivity contribution >= 4 is 10.9 Å². The van der Waals surface area contributed by atoms with E-state index in [1.165, 1.54) is 12.1 Å². The second-order valence-corrected chi connectivity index (χ2v) is 5.40. The third-order valence-corrected chi connectivity index (χ3v) is 3.96. The highest BCUT2D eigenvalue weighted by molar-refractivity contribution is 5.85. The number of hydrogen-bond acceptors (Lipinski definition) is 2. The topological polar surface area (TPSA) is 42.8 Å². The van der Waals surface area contributed by atoms with E-state index in [2.05, 4.69) is 10.1 Å². The van der Waals surface area contributed by atoms with Crippen molar-refractivity contribution in [1.29, 1.82) is 0 Å². The minimum Gasteiger partial charge on any atom is -0.356 e. The quantitative estimate of drug-likeness (QED) is 0.776. The summed E-state index contributed by atoms with van der Waals surface area (Å²) in [6.45, 7) is 0.780. The number of rotatable bonds is 2. The number of nitrogens with zero attached hydrogens (tertiary/aromatic N) is 2. The van der Waals surface area contributed by atoms with E-state index in [4.69, 9.17) is 4.74 Å². The molecular formula is C16H16FN3O. The molecule has 0 saturated carbocycles. The van der Waals surface area contributed by atoms with Crippen molar-refractivity contribution in [2.75, 3.05) is 6.61 Å². The number of hydrogen-bond donors (Lipinski definition) is 1. The maximum absolute atomic E-state index is 13.3. The van der Waals surface area contributed by atoms with Gasteiger partial charge in [-0.25, -0.2) is 9.07 Å². The average Bonchev–Trinajstić information content (AvgIpc) is 3.13. The molecule has 0 aliphatic carbocycles. The zero-order valence-corrected chi connectivity index (χ0v) is 11.6. The highest BCUT2D eigenvalue weighted by Crippen LogP contribution is 2.29. The predicted octanol–water partition coefficient (Wildman–Crippen LogP) is 3.87. The third kappa shape index (κ3) is 2.23. The van der Waals surface area contributed by atoms with Crippen molar-refractivity contribution in [3.05, 3.63) is 42.3 Å². The maximum Gasteiger partial charge on any atom is 0.150 e. The molecule has 5 heteroatoms. The standard InChI is InChI=1S/C16H16FN3O/c17-12-4-5-13-11(9-12)10-14(19-13)15-6-7-18-20(15)16-3-1-2-8-21-16/h4-7,9-10,16,19H,1-3,8H2. The summed E-state index contributed by atoms with van der Waals surface area (Å²) in [4.78, 5) is 3.32. The van der Waals surface area contributed by atoms with E-state index in [1.54, 1.807) is 12.3 Å². The fraction of sp³-hybridized carbons (Fsp3) is 0.312. The SMILES string of the molecule is Fc1ccc2[nH]c(-c3ccnn3C3CCCCO3)cc2c1. The van der Waals surface area contributed by atoms with Crippen LogP contribution in [0.15, 0.2) is 36.5 Å². The molecule has 0 radical (unpaired) electrons. The van der Waals surface area contributed by atoms with E-state index >= 15 is 0 Å². The van der Waals surface area contributed by atoms with Gasteiger partial charge in [0.25, 0.3) is 0 Å². The Balaban J connectivity index is 1.76. The lowest BCUT2D eigenvalue weighted by Crippen LogP contribution is -2.19. The number of aromatic nitrogens is 3. The van der Waals surface area contributed by atoms with E-state index in [0.717, 1.165) is 48.2 Å². The minimum atomic E-state index is -0.225. The molecule has 3 aromatic rings. The first-order chi connectivity index (χ1) is 10.3. The summed E-state index contributed by atoms with van der Waals surface area (Å²) in [5, 5.41) is 5.26. The summed E-state index contributed by atoms with van der Waals surface area (Å²) in [5.41, 5.74) is 2.82. The smallest absolute Gasteiger partial charge is 0.150 e. The van der Waals surface area contributed by atoms with Crippen LogP contribution >= 0.6 is 0 Å². The van der Waals surface area contributed by atoms with Crippen molar-refractivity contribution in [3.8, 4) is 11.4 Å². The van der Waals surface area contributed by atoms with Crippen molar-refractivity contribution in [3.63, 3.8) is 0 Å². The van der Waals surface area contributed by atoms with Crippen LogP contribution in [0, 0.1) is 5.82 Å². The Hall–Kier alpha value is -2.14. The number of ether oxygens (including phenoxy) is 1. The summed E-state index contributed by atoms with van der Waals surface area (Å²) in [6, 6.07) is 8.66. The zero-order chi connectivity index (χ0) is 14.2. The van der Waals surface area contributed by atoms with Crippen molar-refractivity contribution < 1.29 is 9.13 Å². The van der Waals surface area contributed by atoms with Gasteiger partial charge in [-0.2, -0.15) is 5.10 Å². The van der Waals surface area contributed by atoms with Gasteiger partial charge >= 0.3 is 0 Å². The van der Waals surface area contributed by atoms with Crippen LogP contribution in [-0.4, -0.2) is 21.4 Å². The van der Waals surface area contributed by atoms with E-state index in [-0.39, 0.29) is 12.0 Å². The van der Waals surface area contributed by atoms with Gasteiger partial charge in [0.05, 0.1) is 11.4 Å². The Labute approximate surface area is 121 Å². The minimum absolute atomic E-state index is 0.00750. The molecule has 1 aliphatic rings. The van der Waals surface area contributed by atoms with E-state index in [9.17, 15) is 4.39 Å². The lowest BCUT2D eigenvalue weighted by atomic mass is 10.2. The molecular weight excluding hydrogens is 269 g/mol. The first kappa shape index (κ1) is 12.6. The van der Waals surface area contributed by atoms with Gasteiger partial charge in [-0.1, -0.05) is 0 Å². The molecule has 0 spiro atoms. The Bertz CT molecular complexity index is 771. The van der Waals surface area contributed by atoms with Gasteiger partial charge in [0.1, 0.15) is 5.82 Å². The van der Waals surface area contributed by atoms with Gasteiger partial charge in [0, 0.05) is 23.7 Å². The normalized spacial score (nSPS) is 19.2. The van der Waals surface area contributed by atoms with E-state index < -0.39 is 0 Å². The maximum atomic E-state index is 13.3. The molecule has 1 aromatic carbocycles. The average molecular weight is 285 g/mol. The van der Waals surface area contributed by atoms with Gasteiger partial charge in [0.15, 0.2) is 6.23 Å². The Kier molecular flexibility index (Phi) is 3.00. The lowest BCUT2D eigenvalue weighted by molar-refractivity contribution is -0.0384. The Morgan fingerprint density at radius 1 is 1.24 bits per heavy atom. The third-order valence-electron chi connectivity index (χ3n) is 3.96. The molecule has 1 aliphatic heterocycles. The van der Waals surface area contributed by atoms with Gasteiger partial charge < -0.3 is 9.72 Å². The fourth-order valence-corrected chi connectivity index (χ4v) is 2.92. The summed E-state index contributed by atoms with van der Waals surface area (Å²) in [7, 11) is 0. The number of aromatic amines is 1. The first-order valence-corrected chi connectivity index (χ1v) is 7.25. The van der Waals surface area contributed by atoms with Crippen LogP contribution in [0.2, 0.25) is 0 Å². The fourth-order valence-electron chi connectivity index (χ4n) is 2.92. The van der Waals surface area contributed by atoms with Gasteiger partial charge in [-0.05, 0) is 49.6 Å². The van der Waals surface area contributed by atoms with Crippen LogP contribution in [0.3, 0.4) is 0 Å². The van der Waals surface area contributed by atoms with Crippen molar-refractivity contribution in [2.45, 2.75) is 25.5 Å². The van der Waals surface area contributed by atoms with Gasteiger partial charge in [-0.15, -0.1) is 0 Å². The molecule has 1 N–H and O–H groups in total. The molecule has 0 amide bonds. The molecule has 0 bridgehead atoms. The number of halogens is 1. The van der Waals surface area contributed by atoms with E-state index in [1.807, 2.05) is 16.8 Å². The second kappa shape index (κ2) is 5.00. The molecule has 1 fully saturated rings. The Morgan fingerprint density at radius 2 is 2.19 bits per heavy atom. The highest BCUT2D eigenvalue weighted by Gasteiger charge is 2.20. The molecule has 21 heavy (non-hydrogen) atoms. The summed E-state index contributed by atoms with van der Waals surface area (Å²) >= 11 is 0. The highest BCUT2D eigenvalue weighted by atomic mass is 19.1. The first-order valence-electron chi connectivity index (χ1n) is 7.25. The van der Waals surface area contributed by atoms with Gasteiger partial charge in [0.2, 0.25) is 0 Å². The zero-order valence-electron chi connectivity index (χ0n) is 11.6. The summed E-state index contributed by atoms with van der Waals surface area (Å²) in [5.74, 6) is -0.225. The summed E-state index contributed by atoms with van der Waals surface area (Å²) in [6.07, 6.45) is 5.01. The molecule has 3 heterocycles. The molecule has 1 unspecified atom stereocenters. The van der Waals surface area contributed by atoms with Crippen molar-refractivity contribution in [2.24, 2.45) is 0 Å². The van der Waals surface area contributed by atoms with Crippen LogP contribution in [-0.2, 0) is 4.74 Å². The lowest BCUT2D eigenvalue weighted by Gasteiger charge is -2.24. The van der Waals surface area contributed by atoms with Gasteiger partial charge in [-0.3, -0.25) is 0 Å². The second-order valence-electron chi connectivity index (χ2n) is 5.40. The predicted molar refractivity (Wildman–Crippen MR) is 78.3 cm³/mol. The number of benzene rings is 1. The molecule has 2 aromatic heterocycles.